The Morgan fingerprint density at radius 2 is 1.97 bits per heavy atom. The Kier molecular flexibility index (Phi) is 9.09. The molecule has 0 amide bonds. The number of allylic oxidation sites excluding steroid dienone is 2. The van der Waals surface area contributed by atoms with Crippen LogP contribution in [0, 0.1) is 23.2 Å². The monoisotopic (exact) mass is 406 g/mol. The fraction of sp³-hybridized carbons (Fsp3) is 0.750. The van der Waals surface area contributed by atoms with Gasteiger partial charge in [-0.1, -0.05) is 44.6 Å². The van der Waals surface area contributed by atoms with Gasteiger partial charge >= 0.3 is 5.97 Å². The SMILES string of the molecule is CC(C)CC1(C(O)C/C=C/[C@H]2[C@H](O)CC(=O)[C@@H]2C/C=C\CCCC(=O)O)CCC1. The number of aliphatic hydroxyl groups is 2. The second kappa shape index (κ2) is 11.1. The van der Waals surface area contributed by atoms with E-state index in [-0.39, 0.29) is 42.0 Å². The molecule has 0 aliphatic heterocycles. The van der Waals surface area contributed by atoms with E-state index in [1.165, 1.54) is 6.42 Å². The van der Waals surface area contributed by atoms with E-state index in [2.05, 4.69) is 13.8 Å². The van der Waals surface area contributed by atoms with Crippen LogP contribution in [0.15, 0.2) is 24.3 Å². The van der Waals surface area contributed by atoms with E-state index in [0.29, 0.717) is 31.6 Å². The summed E-state index contributed by atoms with van der Waals surface area (Å²) in [4.78, 5) is 22.8. The smallest absolute Gasteiger partial charge is 0.303 e. The summed E-state index contributed by atoms with van der Waals surface area (Å²) in [6.45, 7) is 4.39. The molecule has 0 spiro atoms. The lowest BCUT2D eigenvalue weighted by molar-refractivity contribution is -0.137. The van der Waals surface area contributed by atoms with E-state index in [4.69, 9.17) is 5.11 Å². The Morgan fingerprint density at radius 1 is 1.24 bits per heavy atom. The third kappa shape index (κ3) is 6.78. The van der Waals surface area contributed by atoms with Crippen molar-refractivity contribution >= 4 is 11.8 Å². The van der Waals surface area contributed by atoms with E-state index in [9.17, 15) is 19.8 Å². The van der Waals surface area contributed by atoms with Crippen LogP contribution in [0.25, 0.3) is 0 Å². The predicted octanol–water partition coefficient (Wildman–Crippen LogP) is 4.28. The molecule has 1 unspecified atom stereocenters. The maximum atomic E-state index is 12.3. The normalized spacial score (nSPS) is 27.8. The summed E-state index contributed by atoms with van der Waals surface area (Å²) < 4.78 is 0. The summed E-state index contributed by atoms with van der Waals surface area (Å²) in [5, 5.41) is 29.7. The fourth-order valence-corrected chi connectivity index (χ4v) is 4.99. The first kappa shape index (κ1) is 23.8. The van der Waals surface area contributed by atoms with Crippen molar-refractivity contribution in [2.75, 3.05) is 0 Å². The molecule has 2 saturated carbocycles. The van der Waals surface area contributed by atoms with Gasteiger partial charge in [-0.25, -0.2) is 0 Å². The lowest BCUT2D eigenvalue weighted by atomic mass is 9.60. The van der Waals surface area contributed by atoms with Crippen molar-refractivity contribution in [2.24, 2.45) is 23.2 Å². The maximum Gasteiger partial charge on any atom is 0.303 e. The minimum absolute atomic E-state index is 0.0424. The zero-order valence-corrected chi connectivity index (χ0v) is 17.9. The molecule has 0 radical (unpaired) electrons. The van der Waals surface area contributed by atoms with Crippen molar-refractivity contribution in [3.8, 4) is 0 Å². The van der Waals surface area contributed by atoms with Gasteiger partial charge in [-0.15, -0.1) is 0 Å². The molecule has 0 saturated heterocycles. The third-order valence-electron chi connectivity index (χ3n) is 6.64. The van der Waals surface area contributed by atoms with Gasteiger partial charge < -0.3 is 15.3 Å². The molecule has 0 aromatic heterocycles. The molecule has 0 aromatic rings. The van der Waals surface area contributed by atoms with E-state index in [1.807, 2.05) is 24.3 Å². The molecular weight excluding hydrogens is 368 g/mol. The van der Waals surface area contributed by atoms with Gasteiger partial charge in [0.05, 0.1) is 12.2 Å². The number of rotatable bonds is 12. The number of hydrogen-bond acceptors (Lipinski definition) is 4. The van der Waals surface area contributed by atoms with Crippen molar-refractivity contribution in [1.29, 1.82) is 0 Å². The van der Waals surface area contributed by atoms with E-state index < -0.39 is 12.1 Å². The highest BCUT2D eigenvalue weighted by Gasteiger charge is 2.43. The average molecular weight is 407 g/mol. The largest absolute Gasteiger partial charge is 0.481 e. The van der Waals surface area contributed by atoms with Crippen LogP contribution in [0.1, 0.15) is 78.1 Å². The molecule has 2 fully saturated rings. The van der Waals surface area contributed by atoms with Gasteiger partial charge in [0.2, 0.25) is 0 Å². The number of carboxylic acids is 1. The first-order valence-corrected chi connectivity index (χ1v) is 11.2. The third-order valence-corrected chi connectivity index (χ3v) is 6.64. The van der Waals surface area contributed by atoms with Gasteiger partial charge in [-0.3, -0.25) is 9.59 Å². The minimum Gasteiger partial charge on any atom is -0.481 e. The molecule has 29 heavy (non-hydrogen) atoms. The van der Waals surface area contributed by atoms with E-state index in [1.54, 1.807) is 0 Å². The van der Waals surface area contributed by atoms with Crippen LogP contribution < -0.4 is 0 Å². The van der Waals surface area contributed by atoms with Crippen LogP contribution in [0.2, 0.25) is 0 Å². The fourth-order valence-electron chi connectivity index (χ4n) is 4.99. The Hall–Kier alpha value is -1.46. The summed E-state index contributed by atoms with van der Waals surface area (Å²) in [6.07, 6.45) is 13.9. The van der Waals surface area contributed by atoms with Crippen LogP contribution in [0.5, 0.6) is 0 Å². The van der Waals surface area contributed by atoms with Crippen molar-refractivity contribution in [2.45, 2.75) is 90.3 Å². The minimum atomic E-state index is -0.794. The molecule has 5 heteroatoms. The summed E-state index contributed by atoms with van der Waals surface area (Å²) in [6, 6.07) is 0. The molecule has 0 aromatic carbocycles. The molecule has 4 atom stereocenters. The lowest BCUT2D eigenvalue weighted by Gasteiger charge is -2.46. The average Bonchev–Trinajstić information content (AvgIpc) is 2.87. The van der Waals surface area contributed by atoms with Gasteiger partial charge in [-0.2, -0.15) is 0 Å². The first-order chi connectivity index (χ1) is 13.7. The van der Waals surface area contributed by atoms with E-state index in [0.717, 1.165) is 19.3 Å². The molecule has 3 N–H and O–H groups in total. The highest BCUT2D eigenvalue weighted by molar-refractivity contribution is 5.84. The van der Waals surface area contributed by atoms with Gasteiger partial charge in [0, 0.05) is 24.7 Å². The number of carboxylic acid groups (broad SMARTS) is 1. The molecule has 2 rings (SSSR count). The number of ketones is 1. The highest BCUT2D eigenvalue weighted by Crippen LogP contribution is 2.49. The summed E-state index contributed by atoms with van der Waals surface area (Å²) in [7, 11) is 0. The first-order valence-electron chi connectivity index (χ1n) is 11.2. The number of Topliss-reactive ketones (excluding diaryl/α,β-unsaturated/α-hetero) is 1. The molecular formula is C24H38O5. The standard InChI is InChI=1S/C24H38O5/c1-17(2)16-24(13-8-14-24)22(27)11-7-10-19-18(20(25)15-21(19)26)9-5-3-4-6-12-23(28)29/h3,5,7,10,17-19,21-22,26-27H,4,6,8-9,11-16H2,1-2H3,(H,28,29)/b5-3-,10-7+/t18-,19-,21-,22?/m1/s1. The molecule has 0 bridgehead atoms. The van der Waals surface area contributed by atoms with Crippen molar-refractivity contribution in [1.82, 2.24) is 0 Å². The quantitative estimate of drug-likeness (QED) is 0.332. The van der Waals surface area contributed by atoms with Crippen LogP contribution in [-0.4, -0.2) is 39.3 Å². The van der Waals surface area contributed by atoms with Gasteiger partial charge in [0.15, 0.2) is 0 Å². The van der Waals surface area contributed by atoms with Crippen LogP contribution >= 0.6 is 0 Å². The van der Waals surface area contributed by atoms with Crippen LogP contribution in [0.3, 0.4) is 0 Å². The number of carbonyl (C=O) groups is 2. The Morgan fingerprint density at radius 3 is 2.55 bits per heavy atom. The Bertz CT molecular complexity index is 602. The zero-order chi connectivity index (χ0) is 21.4. The molecule has 2 aliphatic carbocycles. The molecule has 5 nitrogen and oxygen atoms in total. The maximum absolute atomic E-state index is 12.3. The summed E-state index contributed by atoms with van der Waals surface area (Å²) in [5.74, 6) is -0.590. The highest BCUT2D eigenvalue weighted by atomic mass is 16.4. The predicted molar refractivity (Wildman–Crippen MR) is 113 cm³/mol. The molecule has 164 valence electrons. The topological polar surface area (TPSA) is 94.8 Å². The summed E-state index contributed by atoms with van der Waals surface area (Å²) in [5.41, 5.74) is 0.0424. The Labute approximate surface area is 174 Å². The number of hydrogen-bond donors (Lipinski definition) is 3. The van der Waals surface area contributed by atoms with Crippen molar-refractivity contribution in [3.63, 3.8) is 0 Å². The molecule has 2 aliphatic rings. The van der Waals surface area contributed by atoms with Crippen LogP contribution in [-0.2, 0) is 9.59 Å². The second-order valence-corrected chi connectivity index (χ2v) is 9.41. The number of carbonyl (C=O) groups excluding carboxylic acids is 1. The van der Waals surface area contributed by atoms with E-state index >= 15 is 0 Å². The number of unbranched alkanes of at least 4 members (excludes halogenated alkanes) is 1. The zero-order valence-electron chi connectivity index (χ0n) is 17.9. The van der Waals surface area contributed by atoms with Gasteiger partial charge in [0.25, 0.3) is 0 Å². The number of aliphatic hydroxyl groups excluding tert-OH is 2. The lowest BCUT2D eigenvalue weighted by Crippen LogP contribution is -2.42. The number of aliphatic carboxylic acids is 1. The van der Waals surface area contributed by atoms with Crippen LogP contribution in [0.4, 0.5) is 0 Å². The van der Waals surface area contributed by atoms with Gasteiger partial charge in [0.1, 0.15) is 5.78 Å². The van der Waals surface area contributed by atoms with Crippen molar-refractivity contribution < 1.29 is 24.9 Å². The van der Waals surface area contributed by atoms with Gasteiger partial charge in [-0.05, 0) is 56.3 Å². The second-order valence-electron chi connectivity index (χ2n) is 9.41. The Balaban J connectivity index is 1.87. The molecule has 0 heterocycles. The van der Waals surface area contributed by atoms with Crippen molar-refractivity contribution in [3.05, 3.63) is 24.3 Å². The summed E-state index contributed by atoms with van der Waals surface area (Å²) >= 11 is 0.